The summed E-state index contributed by atoms with van der Waals surface area (Å²) in [6, 6.07) is 0. The molecule has 0 radical (unpaired) electrons. The van der Waals surface area contributed by atoms with Gasteiger partial charge in [-0.15, -0.1) is 0 Å². The second-order valence-corrected chi connectivity index (χ2v) is 6.26. The van der Waals surface area contributed by atoms with Crippen LogP contribution in [0.1, 0.15) is 71.1 Å². The van der Waals surface area contributed by atoms with Crippen molar-refractivity contribution in [1.29, 1.82) is 0 Å². The fourth-order valence-electron chi connectivity index (χ4n) is 2.62. The van der Waals surface area contributed by atoms with Gasteiger partial charge in [0.2, 0.25) is 5.91 Å². The number of amides is 1. The highest BCUT2D eigenvalue weighted by molar-refractivity contribution is 5.75. The summed E-state index contributed by atoms with van der Waals surface area (Å²) in [5.74, 6) is 0.615. The maximum Gasteiger partial charge on any atom is 0.220 e. The van der Waals surface area contributed by atoms with Gasteiger partial charge in [-0.25, -0.2) is 0 Å². The van der Waals surface area contributed by atoms with Crippen molar-refractivity contribution < 1.29 is 14.6 Å². The normalized spacial score (nSPS) is 17.2. The first-order chi connectivity index (χ1) is 11.8. The van der Waals surface area contributed by atoms with Gasteiger partial charge in [-0.2, -0.15) is 0 Å². The summed E-state index contributed by atoms with van der Waals surface area (Å²) in [6.45, 7) is 3.43. The Morgan fingerprint density at radius 2 is 2.12 bits per heavy atom. The van der Waals surface area contributed by atoms with E-state index in [1.165, 1.54) is 19.3 Å². The molecule has 0 bridgehead atoms. The molecule has 136 valence electrons. The maximum atomic E-state index is 11.8. The molecule has 1 heterocycles. The van der Waals surface area contributed by atoms with E-state index in [2.05, 4.69) is 24.4 Å². The number of carbonyl (C=O) groups is 1. The third-order valence-corrected chi connectivity index (χ3v) is 4.06. The molecule has 0 aliphatic carbocycles. The molecule has 0 aromatic heterocycles. The van der Waals surface area contributed by atoms with E-state index < -0.39 is 0 Å². The Bertz CT molecular complexity index is 438. The average Bonchev–Trinajstić information content (AvgIpc) is 2.59. The van der Waals surface area contributed by atoms with Crippen LogP contribution < -0.4 is 5.32 Å². The Labute approximate surface area is 146 Å². The second kappa shape index (κ2) is 13.7. The summed E-state index contributed by atoms with van der Waals surface area (Å²) >= 11 is 0. The molecule has 0 spiro atoms. The molecule has 1 rings (SSSR count). The van der Waals surface area contributed by atoms with Crippen molar-refractivity contribution in [3.63, 3.8) is 0 Å². The standard InChI is InChI=1S/C20H33NO3/c1-2-3-4-5-9-12-20(23)21-14-13-18-11-8-6-7-10-15-24-19(16-18)17-22/h8,11,16-17,22H,2-7,9-10,12-15H2,1H3,(H,21,23)/b11-8?,18-16?,19-17-. The van der Waals surface area contributed by atoms with Gasteiger partial charge < -0.3 is 15.2 Å². The first kappa shape index (κ1) is 20.3. The van der Waals surface area contributed by atoms with Crippen molar-refractivity contribution in [2.75, 3.05) is 13.2 Å². The monoisotopic (exact) mass is 335 g/mol. The molecular weight excluding hydrogens is 302 g/mol. The van der Waals surface area contributed by atoms with E-state index in [9.17, 15) is 9.90 Å². The Hall–Kier alpha value is -1.71. The van der Waals surface area contributed by atoms with Crippen molar-refractivity contribution >= 4 is 5.91 Å². The molecule has 0 saturated heterocycles. The number of aliphatic hydroxyl groups excluding tert-OH is 1. The first-order valence-corrected chi connectivity index (χ1v) is 9.37. The fourth-order valence-corrected chi connectivity index (χ4v) is 2.62. The van der Waals surface area contributed by atoms with E-state index >= 15 is 0 Å². The molecule has 24 heavy (non-hydrogen) atoms. The van der Waals surface area contributed by atoms with Gasteiger partial charge in [0.05, 0.1) is 6.61 Å². The lowest BCUT2D eigenvalue weighted by molar-refractivity contribution is -0.121. The lowest BCUT2D eigenvalue weighted by Gasteiger charge is -2.10. The number of allylic oxidation sites excluding steroid dienone is 3. The first-order valence-electron chi connectivity index (χ1n) is 9.37. The number of ether oxygens (including phenoxy) is 1. The van der Waals surface area contributed by atoms with Crippen molar-refractivity contribution in [2.24, 2.45) is 0 Å². The Balaban J connectivity index is 2.33. The van der Waals surface area contributed by atoms with E-state index in [0.29, 0.717) is 25.3 Å². The van der Waals surface area contributed by atoms with E-state index in [4.69, 9.17) is 4.74 Å². The van der Waals surface area contributed by atoms with Gasteiger partial charge in [0.25, 0.3) is 0 Å². The SMILES string of the molecule is CCCCCCCC(=O)NCCC1=C/C(=C/O)OCCCCC=C1. The Morgan fingerprint density at radius 1 is 1.29 bits per heavy atom. The van der Waals surface area contributed by atoms with Crippen molar-refractivity contribution in [1.82, 2.24) is 5.32 Å². The number of hydrogen-bond donors (Lipinski definition) is 2. The van der Waals surface area contributed by atoms with Gasteiger partial charge in [0.15, 0.2) is 5.76 Å². The number of aliphatic hydroxyl groups is 1. The summed E-state index contributed by atoms with van der Waals surface area (Å²) in [6.07, 6.45) is 17.3. The molecule has 0 fully saturated rings. The van der Waals surface area contributed by atoms with Crippen LogP contribution in [0.15, 0.2) is 35.8 Å². The predicted molar refractivity (Wildman–Crippen MR) is 98.7 cm³/mol. The molecule has 2 N–H and O–H groups in total. The van der Waals surface area contributed by atoms with Crippen LogP contribution in [0.3, 0.4) is 0 Å². The van der Waals surface area contributed by atoms with E-state index in [0.717, 1.165) is 50.4 Å². The number of carbonyl (C=O) groups excluding carboxylic acids is 1. The topological polar surface area (TPSA) is 58.6 Å². The smallest absolute Gasteiger partial charge is 0.220 e. The summed E-state index contributed by atoms with van der Waals surface area (Å²) in [7, 11) is 0. The molecule has 4 heteroatoms. The van der Waals surface area contributed by atoms with E-state index in [1.807, 2.05) is 6.08 Å². The van der Waals surface area contributed by atoms with Crippen LogP contribution in [0.5, 0.6) is 0 Å². The van der Waals surface area contributed by atoms with Crippen molar-refractivity contribution in [2.45, 2.75) is 71.1 Å². The summed E-state index contributed by atoms with van der Waals surface area (Å²) in [5.41, 5.74) is 1.06. The number of nitrogens with one attached hydrogen (secondary N) is 1. The van der Waals surface area contributed by atoms with Gasteiger partial charge in [0, 0.05) is 13.0 Å². The number of hydrogen-bond acceptors (Lipinski definition) is 3. The lowest BCUT2D eigenvalue weighted by Crippen LogP contribution is -2.24. The minimum Gasteiger partial charge on any atom is -0.512 e. The molecule has 0 unspecified atom stereocenters. The van der Waals surface area contributed by atoms with Gasteiger partial charge in [0.1, 0.15) is 6.26 Å². The molecule has 4 nitrogen and oxygen atoms in total. The zero-order valence-corrected chi connectivity index (χ0v) is 15.1. The zero-order chi connectivity index (χ0) is 17.5. The molecule has 1 aliphatic heterocycles. The summed E-state index contributed by atoms with van der Waals surface area (Å²) in [5, 5.41) is 12.2. The van der Waals surface area contributed by atoms with Crippen LogP contribution in [0, 0.1) is 0 Å². The highest BCUT2D eigenvalue weighted by Crippen LogP contribution is 2.13. The average molecular weight is 335 g/mol. The van der Waals surface area contributed by atoms with E-state index in [1.54, 1.807) is 0 Å². The van der Waals surface area contributed by atoms with Crippen LogP contribution in [0.25, 0.3) is 0 Å². The largest absolute Gasteiger partial charge is 0.512 e. The number of rotatable bonds is 9. The zero-order valence-electron chi connectivity index (χ0n) is 15.1. The molecule has 1 aliphatic rings. The van der Waals surface area contributed by atoms with Crippen molar-refractivity contribution in [3.05, 3.63) is 35.8 Å². The van der Waals surface area contributed by atoms with Crippen LogP contribution in [-0.4, -0.2) is 24.2 Å². The Morgan fingerprint density at radius 3 is 2.92 bits per heavy atom. The van der Waals surface area contributed by atoms with Gasteiger partial charge in [-0.3, -0.25) is 4.79 Å². The quantitative estimate of drug-likeness (QED) is 0.464. The highest BCUT2D eigenvalue weighted by atomic mass is 16.5. The maximum absolute atomic E-state index is 11.8. The summed E-state index contributed by atoms with van der Waals surface area (Å²) < 4.78 is 5.52. The van der Waals surface area contributed by atoms with Gasteiger partial charge in [-0.05, 0) is 43.8 Å². The van der Waals surface area contributed by atoms with E-state index in [-0.39, 0.29) is 5.91 Å². The van der Waals surface area contributed by atoms with Crippen LogP contribution >= 0.6 is 0 Å². The Kier molecular flexibility index (Phi) is 11.6. The number of unbranched alkanes of at least 4 members (excludes halogenated alkanes) is 4. The molecular formula is C20H33NO3. The predicted octanol–water partition coefficient (Wildman–Crippen LogP) is 4.94. The molecule has 0 atom stereocenters. The molecule has 0 aromatic carbocycles. The summed E-state index contributed by atoms with van der Waals surface area (Å²) in [4.78, 5) is 11.8. The minimum absolute atomic E-state index is 0.130. The minimum atomic E-state index is 0.130. The molecule has 1 amide bonds. The van der Waals surface area contributed by atoms with Crippen LogP contribution in [0.4, 0.5) is 0 Å². The van der Waals surface area contributed by atoms with Crippen LogP contribution in [0.2, 0.25) is 0 Å². The second-order valence-electron chi connectivity index (χ2n) is 6.26. The third-order valence-electron chi connectivity index (χ3n) is 4.06. The fraction of sp³-hybridized carbons (Fsp3) is 0.650. The third kappa shape index (κ3) is 10.1. The highest BCUT2D eigenvalue weighted by Gasteiger charge is 2.04. The van der Waals surface area contributed by atoms with Crippen molar-refractivity contribution in [3.8, 4) is 0 Å². The van der Waals surface area contributed by atoms with Gasteiger partial charge >= 0.3 is 0 Å². The molecule has 0 aromatic rings. The van der Waals surface area contributed by atoms with Crippen LogP contribution in [-0.2, 0) is 9.53 Å². The molecule has 0 saturated carbocycles. The lowest BCUT2D eigenvalue weighted by atomic mass is 10.1. The van der Waals surface area contributed by atoms with Gasteiger partial charge in [-0.1, -0.05) is 44.8 Å².